The van der Waals surface area contributed by atoms with Crippen LogP contribution in [0.1, 0.15) is 92.9 Å². The highest BCUT2D eigenvalue weighted by Gasteiger charge is 2.28. The summed E-state index contributed by atoms with van der Waals surface area (Å²) in [5.41, 5.74) is -0.873. The topological polar surface area (TPSA) is 117 Å². The number of rotatable bonds is 6. The lowest BCUT2D eigenvalue weighted by molar-refractivity contribution is -0.137. The van der Waals surface area contributed by atoms with E-state index in [1.165, 1.54) is 0 Å². The molecule has 0 unspecified atom stereocenters. The molecule has 0 aromatic rings. The van der Waals surface area contributed by atoms with Gasteiger partial charge < -0.3 is 29.5 Å². The van der Waals surface area contributed by atoms with E-state index in [9.17, 15) is 14.4 Å². The molecule has 2 aliphatic rings. The molecule has 204 valence electrons. The number of carboxylic acids is 1. The van der Waals surface area contributed by atoms with Gasteiger partial charge in [-0.2, -0.15) is 0 Å². The Balaban J connectivity index is 0.000000351. The largest absolute Gasteiger partial charge is 0.481 e. The van der Waals surface area contributed by atoms with Crippen LogP contribution in [0, 0.1) is 11.8 Å². The van der Waals surface area contributed by atoms with Crippen molar-refractivity contribution < 1.29 is 34.1 Å². The molecule has 2 amide bonds. The Morgan fingerprint density at radius 1 is 0.743 bits per heavy atom. The fraction of sp³-hybridized carbons (Fsp3) is 0.885. The van der Waals surface area contributed by atoms with Crippen LogP contribution in [0.3, 0.4) is 0 Å². The molecule has 2 fully saturated rings. The molecule has 0 saturated carbocycles. The maximum absolute atomic E-state index is 11.8. The third-order valence-corrected chi connectivity index (χ3v) is 6.07. The number of hydrogen-bond acceptors (Lipinski definition) is 6. The number of piperidine rings is 2. The number of amides is 2. The van der Waals surface area contributed by atoms with Crippen molar-refractivity contribution in [3.8, 4) is 0 Å². The summed E-state index contributed by atoms with van der Waals surface area (Å²) in [6.45, 7) is 14.4. The van der Waals surface area contributed by atoms with Gasteiger partial charge in [-0.3, -0.25) is 4.79 Å². The van der Waals surface area contributed by atoms with E-state index in [4.69, 9.17) is 19.7 Å². The normalized spacial score (nSPS) is 17.9. The van der Waals surface area contributed by atoms with Crippen molar-refractivity contribution in [3.05, 3.63) is 0 Å². The number of aliphatic hydroxyl groups excluding tert-OH is 1. The number of carboxylic acid groups (broad SMARTS) is 1. The Bertz CT molecular complexity index is 654. The van der Waals surface area contributed by atoms with E-state index in [2.05, 4.69) is 0 Å². The lowest BCUT2D eigenvalue weighted by Gasteiger charge is -2.33. The highest BCUT2D eigenvalue weighted by molar-refractivity contribution is 5.68. The molecule has 2 heterocycles. The minimum atomic E-state index is -0.746. The summed E-state index contributed by atoms with van der Waals surface area (Å²) in [6, 6.07) is 0. The van der Waals surface area contributed by atoms with Crippen molar-refractivity contribution in [2.45, 2.75) is 104 Å². The van der Waals surface area contributed by atoms with Gasteiger partial charge in [0.2, 0.25) is 0 Å². The van der Waals surface area contributed by atoms with Gasteiger partial charge in [0.1, 0.15) is 11.2 Å². The van der Waals surface area contributed by atoms with Crippen LogP contribution in [0.25, 0.3) is 0 Å². The van der Waals surface area contributed by atoms with Gasteiger partial charge in [-0.1, -0.05) is 0 Å². The van der Waals surface area contributed by atoms with Gasteiger partial charge in [0.15, 0.2) is 0 Å². The van der Waals surface area contributed by atoms with Crippen LogP contribution in [0.2, 0.25) is 0 Å². The van der Waals surface area contributed by atoms with Crippen LogP contribution >= 0.6 is 0 Å². The van der Waals surface area contributed by atoms with Gasteiger partial charge >= 0.3 is 18.2 Å². The summed E-state index contributed by atoms with van der Waals surface area (Å²) in [5, 5.41) is 17.4. The molecular formula is C26H48N2O7. The lowest BCUT2D eigenvalue weighted by atomic mass is 9.92. The molecule has 0 bridgehead atoms. The van der Waals surface area contributed by atoms with Crippen LogP contribution < -0.4 is 0 Å². The summed E-state index contributed by atoms with van der Waals surface area (Å²) < 4.78 is 10.6. The van der Waals surface area contributed by atoms with Crippen LogP contribution in [0.5, 0.6) is 0 Å². The summed E-state index contributed by atoms with van der Waals surface area (Å²) in [7, 11) is 0. The van der Waals surface area contributed by atoms with Gasteiger partial charge in [-0.25, -0.2) is 9.59 Å². The van der Waals surface area contributed by atoms with Gasteiger partial charge in [-0.05, 0) is 98.3 Å². The van der Waals surface area contributed by atoms with E-state index >= 15 is 0 Å². The Hall–Kier alpha value is -2.03. The lowest BCUT2D eigenvalue weighted by Crippen LogP contribution is -2.41. The van der Waals surface area contributed by atoms with Crippen molar-refractivity contribution in [2.75, 3.05) is 32.8 Å². The molecule has 9 heteroatoms. The number of aliphatic hydroxyl groups is 1. The average molecular weight is 501 g/mol. The summed E-state index contributed by atoms with van der Waals surface area (Å²) in [6.07, 6.45) is 6.19. The molecule has 2 N–H and O–H groups in total. The standard InChI is InChI=1S/C13H23NO4.C13H25NO3/c1-13(2,3)18-12(17)14-8-6-10(7-9-14)4-5-11(15)16;1-13(2,3)17-12(16)14-8-6-11(7-9-14)5-4-10-15/h10H,4-9H2,1-3H3,(H,15,16);11,15H,4-10H2,1-3H3. The number of aliphatic carboxylic acids is 1. The number of carbonyl (C=O) groups is 3. The Labute approximate surface area is 211 Å². The van der Waals surface area contributed by atoms with Crippen LogP contribution in [-0.2, 0) is 14.3 Å². The average Bonchev–Trinajstić information content (AvgIpc) is 2.75. The zero-order valence-corrected chi connectivity index (χ0v) is 22.7. The molecule has 0 aliphatic carbocycles. The first-order chi connectivity index (χ1) is 16.2. The van der Waals surface area contributed by atoms with Gasteiger partial charge in [0.05, 0.1) is 0 Å². The number of nitrogens with zero attached hydrogens (tertiary/aromatic N) is 2. The van der Waals surface area contributed by atoms with Crippen LogP contribution in [0.15, 0.2) is 0 Å². The first-order valence-corrected chi connectivity index (χ1v) is 13.0. The minimum absolute atomic E-state index is 0.196. The molecule has 0 atom stereocenters. The Morgan fingerprint density at radius 3 is 1.43 bits per heavy atom. The molecule has 0 spiro atoms. The molecule has 9 nitrogen and oxygen atoms in total. The number of carbonyl (C=O) groups excluding carboxylic acids is 2. The number of likely N-dealkylation sites (tertiary alicyclic amines) is 2. The Kier molecular flexibility index (Phi) is 12.9. The van der Waals surface area contributed by atoms with Gasteiger partial charge in [-0.15, -0.1) is 0 Å². The SMILES string of the molecule is CC(C)(C)OC(=O)N1CCC(CCC(=O)O)CC1.CC(C)(C)OC(=O)N1CCC(CCCO)CC1. The summed E-state index contributed by atoms with van der Waals surface area (Å²) in [4.78, 5) is 37.6. The number of hydrogen-bond donors (Lipinski definition) is 2. The van der Waals surface area contributed by atoms with Crippen molar-refractivity contribution in [1.29, 1.82) is 0 Å². The monoisotopic (exact) mass is 500 g/mol. The van der Waals surface area contributed by atoms with E-state index in [-0.39, 0.29) is 25.2 Å². The molecule has 0 aromatic carbocycles. The van der Waals surface area contributed by atoms with E-state index in [0.29, 0.717) is 31.3 Å². The molecule has 2 rings (SSSR count). The van der Waals surface area contributed by atoms with Crippen molar-refractivity contribution in [1.82, 2.24) is 9.80 Å². The fourth-order valence-electron chi connectivity index (χ4n) is 4.17. The van der Waals surface area contributed by atoms with E-state index in [1.54, 1.807) is 9.80 Å². The highest BCUT2D eigenvalue weighted by Crippen LogP contribution is 2.24. The van der Waals surface area contributed by atoms with Crippen molar-refractivity contribution in [2.24, 2.45) is 11.8 Å². The van der Waals surface area contributed by atoms with E-state index in [1.807, 2.05) is 41.5 Å². The quantitative estimate of drug-likeness (QED) is 0.532. The zero-order valence-electron chi connectivity index (χ0n) is 22.7. The van der Waals surface area contributed by atoms with Gasteiger partial charge in [0, 0.05) is 39.2 Å². The maximum atomic E-state index is 11.8. The molecule has 2 saturated heterocycles. The predicted octanol–water partition coefficient (Wildman–Crippen LogP) is 4.90. The smallest absolute Gasteiger partial charge is 0.410 e. The van der Waals surface area contributed by atoms with E-state index < -0.39 is 17.2 Å². The zero-order chi connectivity index (χ0) is 26.6. The second-order valence-electron chi connectivity index (χ2n) is 11.6. The molecule has 2 aliphatic heterocycles. The van der Waals surface area contributed by atoms with Crippen molar-refractivity contribution >= 4 is 18.2 Å². The van der Waals surface area contributed by atoms with Crippen LogP contribution in [-0.4, -0.2) is 82.2 Å². The highest BCUT2D eigenvalue weighted by atomic mass is 16.6. The predicted molar refractivity (Wildman–Crippen MR) is 134 cm³/mol. The molecule has 0 aromatic heterocycles. The van der Waals surface area contributed by atoms with Gasteiger partial charge in [0.25, 0.3) is 0 Å². The molecule has 0 radical (unpaired) electrons. The van der Waals surface area contributed by atoms with Crippen molar-refractivity contribution in [3.63, 3.8) is 0 Å². The maximum Gasteiger partial charge on any atom is 0.410 e. The third kappa shape index (κ3) is 14.2. The van der Waals surface area contributed by atoms with Crippen LogP contribution in [0.4, 0.5) is 9.59 Å². The minimum Gasteiger partial charge on any atom is -0.481 e. The molecular weight excluding hydrogens is 452 g/mol. The summed E-state index contributed by atoms with van der Waals surface area (Å²) >= 11 is 0. The fourth-order valence-corrected chi connectivity index (χ4v) is 4.17. The third-order valence-electron chi connectivity index (χ3n) is 6.07. The number of ether oxygens (including phenoxy) is 2. The Morgan fingerprint density at radius 2 is 1.11 bits per heavy atom. The second kappa shape index (κ2) is 14.5. The first kappa shape index (κ1) is 31.0. The first-order valence-electron chi connectivity index (χ1n) is 13.0. The molecule has 35 heavy (non-hydrogen) atoms. The summed E-state index contributed by atoms with van der Waals surface area (Å²) in [5.74, 6) is 0.324. The second-order valence-corrected chi connectivity index (χ2v) is 11.6. The van der Waals surface area contributed by atoms with E-state index in [0.717, 1.165) is 51.6 Å².